The Hall–Kier alpha value is -2.24. The number of carbonyl (C=O) groups is 2. The van der Waals surface area contributed by atoms with Gasteiger partial charge in [0.2, 0.25) is 0 Å². The molecule has 10 unspecified atom stereocenters. The minimum atomic E-state index is -1.12. The Morgan fingerprint density at radius 2 is 1.95 bits per heavy atom. The molecule has 3 heterocycles. The van der Waals surface area contributed by atoms with Crippen molar-refractivity contribution in [3.05, 3.63) is 36.0 Å². The number of allylic oxidation sites excluding steroid dienone is 2. The van der Waals surface area contributed by atoms with Crippen LogP contribution in [0, 0.1) is 17.8 Å². The quantitative estimate of drug-likeness (QED) is 0.134. The predicted molar refractivity (Wildman–Crippen MR) is 164 cm³/mol. The van der Waals surface area contributed by atoms with Gasteiger partial charge >= 0.3 is 12.1 Å². The standard InChI is InChI=1S/C33H54N2O8/c1-7-26(37)24(5)31-28(41-31)20-33(6,40)14-8-9-22(3)30-23(4)11-13-27(42-32(39)35-17-15-34-16-18-35)21(2)10-12-25(36)19-29(38)43-30/h8-9,11,13-14,21,23-28,30-31,34,36-37,40H,7,10,12,15-20H2,1-6H3. The molecule has 0 saturated carbocycles. The monoisotopic (exact) mass is 606 g/mol. The summed E-state index contributed by atoms with van der Waals surface area (Å²) in [5.74, 6) is -0.764. The fraction of sp³-hybridized carbons (Fsp3) is 0.758. The molecule has 3 aliphatic rings. The van der Waals surface area contributed by atoms with Crippen molar-refractivity contribution >= 4 is 12.1 Å². The van der Waals surface area contributed by atoms with Crippen LogP contribution < -0.4 is 5.32 Å². The van der Waals surface area contributed by atoms with Crippen molar-refractivity contribution < 1.29 is 39.1 Å². The van der Waals surface area contributed by atoms with E-state index < -0.39 is 36.0 Å². The van der Waals surface area contributed by atoms with Gasteiger partial charge in [-0.1, -0.05) is 52.0 Å². The number of nitrogens with zero attached hydrogens (tertiary/aromatic N) is 1. The van der Waals surface area contributed by atoms with Gasteiger partial charge < -0.3 is 39.7 Å². The average molecular weight is 607 g/mol. The fourth-order valence-corrected chi connectivity index (χ4v) is 5.84. The van der Waals surface area contributed by atoms with E-state index in [9.17, 15) is 24.9 Å². The molecule has 0 aromatic carbocycles. The molecule has 4 N–H and O–H groups in total. The Kier molecular flexibility index (Phi) is 13.3. The van der Waals surface area contributed by atoms with Crippen LogP contribution in [0.4, 0.5) is 4.79 Å². The zero-order valence-electron chi connectivity index (χ0n) is 26.8. The van der Waals surface area contributed by atoms with Gasteiger partial charge in [0, 0.05) is 44.4 Å². The second-order valence-electron chi connectivity index (χ2n) is 13.0. The number of aliphatic hydroxyl groups is 3. The summed E-state index contributed by atoms with van der Waals surface area (Å²) in [7, 11) is 0. The molecule has 10 nitrogen and oxygen atoms in total. The first kappa shape index (κ1) is 35.2. The Bertz CT molecular complexity index is 1000. The molecule has 2 saturated heterocycles. The van der Waals surface area contributed by atoms with Crippen LogP contribution in [0.5, 0.6) is 0 Å². The number of cyclic esters (lactones) is 1. The third-order valence-corrected chi connectivity index (χ3v) is 8.91. The highest BCUT2D eigenvalue weighted by Gasteiger charge is 2.47. The Morgan fingerprint density at radius 1 is 1.26 bits per heavy atom. The lowest BCUT2D eigenvalue weighted by molar-refractivity contribution is -0.151. The fourth-order valence-electron chi connectivity index (χ4n) is 5.84. The summed E-state index contributed by atoms with van der Waals surface area (Å²) in [4.78, 5) is 27.3. The van der Waals surface area contributed by atoms with Crippen LogP contribution in [-0.2, 0) is 19.0 Å². The molecule has 0 aromatic rings. The van der Waals surface area contributed by atoms with Gasteiger partial charge in [-0.2, -0.15) is 0 Å². The van der Waals surface area contributed by atoms with Gasteiger partial charge in [-0.25, -0.2) is 4.79 Å². The Labute approximate surface area is 257 Å². The maximum atomic E-state index is 12.9. The molecule has 0 bridgehead atoms. The number of rotatable bonds is 9. The molecule has 10 atom stereocenters. The highest BCUT2D eigenvalue weighted by molar-refractivity contribution is 5.70. The molecule has 3 aliphatic heterocycles. The number of hydrogen-bond acceptors (Lipinski definition) is 9. The third kappa shape index (κ3) is 11.0. The van der Waals surface area contributed by atoms with Gasteiger partial charge in [0.05, 0.1) is 36.4 Å². The smallest absolute Gasteiger partial charge is 0.410 e. The summed E-state index contributed by atoms with van der Waals surface area (Å²) < 4.78 is 17.5. The van der Waals surface area contributed by atoms with Gasteiger partial charge in [-0.3, -0.25) is 4.79 Å². The minimum absolute atomic E-state index is 0.00827. The second-order valence-corrected chi connectivity index (χ2v) is 13.0. The second kappa shape index (κ2) is 16.2. The maximum Gasteiger partial charge on any atom is 0.410 e. The minimum Gasteiger partial charge on any atom is -0.457 e. The lowest BCUT2D eigenvalue weighted by atomic mass is 9.91. The molecule has 43 heavy (non-hydrogen) atoms. The third-order valence-electron chi connectivity index (χ3n) is 8.91. The van der Waals surface area contributed by atoms with Gasteiger partial charge in [-0.05, 0) is 50.7 Å². The van der Waals surface area contributed by atoms with Crippen molar-refractivity contribution in [2.24, 2.45) is 17.8 Å². The highest BCUT2D eigenvalue weighted by Crippen LogP contribution is 2.37. The largest absolute Gasteiger partial charge is 0.457 e. The van der Waals surface area contributed by atoms with E-state index in [0.717, 1.165) is 18.7 Å². The number of hydrogen-bond donors (Lipinski definition) is 4. The summed E-state index contributed by atoms with van der Waals surface area (Å²) in [6.45, 7) is 14.1. The normalized spacial score (nSPS) is 34.0. The van der Waals surface area contributed by atoms with Gasteiger partial charge in [0.25, 0.3) is 0 Å². The summed E-state index contributed by atoms with van der Waals surface area (Å²) in [6, 6.07) is 0. The number of carbonyl (C=O) groups excluding carboxylic acids is 2. The first-order valence-electron chi connectivity index (χ1n) is 15.9. The Balaban J connectivity index is 1.70. The summed E-state index contributed by atoms with van der Waals surface area (Å²) >= 11 is 0. The lowest BCUT2D eigenvalue weighted by Gasteiger charge is -2.31. The molecule has 10 heteroatoms. The number of piperazine rings is 1. The predicted octanol–water partition coefficient (Wildman–Crippen LogP) is 3.50. The molecule has 1 amide bonds. The maximum absolute atomic E-state index is 12.9. The summed E-state index contributed by atoms with van der Waals surface area (Å²) in [6.07, 6.45) is 8.11. The summed E-state index contributed by atoms with van der Waals surface area (Å²) in [5, 5.41) is 34.8. The van der Waals surface area contributed by atoms with Crippen LogP contribution >= 0.6 is 0 Å². The van der Waals surface area contributed by atoms with E-state index in [0.29, 0.717) is 38.8 Å². The van der Waals surface area contributed by atoms with E-state index in [1.807, 2.05) is 52.8 Å². The van der Waals surface area contributed by atoms with Crippen LogP contribution in [0.3, 0.4) is 0 Å². The topological polar surface area (TPSA) is 141 Å². The molecule has 0 aromatic heterocycles. The van der Waals surface area contributed by atoms with E-state index in [1.165, 1.54) is 0 Å². The number of esters is 1. The molecule has 0 radical (unpaired) electrons. The average Bonchev–Trinajstić information content (AvgIpc) is 3.73. The summed E-state index contributed by atoms with van der Waals surface area (Å²) in [5.41, 5.74) is -0.351. The molecular weight excluding hydrogens is 552 g/mol. The number of ether oxygens (including phenoxy) is 3. The van der Waals surface area contributed by atoms with Crippen LogP contribution in [0.15, 0.2) is 36.0 Å². The number of nitrogens with one attached hydrogen (secondary N) is 1. The molecular formula is C33H54N2O8. The van der Waals surface area contributed by atoms with Crippen LogP contribution in [0.25, 0.3) is 0 Å². The van der Waals surface area contributed by atoms with Crippen LogP contribution in [0.2, 0.25) is 0 Å². The zero-order valence-corrected chi connectivity index (χ0v) is 26.8. The van der Waals surface area contributed by atoms with Crippen molar-refractivity contribution in [2.75, 3.05) is 26.2 Å². The number of amides is 1. The van der Waals surface area contributed by atoms with Crippen molar-refractivity contribution in [1.82, 2.24) is 10.2 Å². The van der Waals surface area contributed by atoms with E-state index in [2.05, 4.69) is 5.32 Å². The number of epoxide rings is 1. The number of aliphatic hydroxyl groups excluding tert-OH is 2. The van der Waals surface area contributed by atoms with E-state index in [4.69, 9.17) is 14.2 Å². The van der Waals surface area contributed by atoms with Crippen molar-refractivity contribution in [2.45, 2.75) is 116 Å². The SMILES string of the molecule is CCC(O)C(C)C1OC1CC(C)(O)C=CC=C(C)C1OC(=O)CC(O)CCC(C)C(OC(=O)N2CCNCC2)C=CC1C. The molecule has 3 rings (SSSR count). The van der Waals surface area contributed by atoms with Gasteiger partial charge in [0.1, 0.15) is 12.2 Å². The van der Waals surface area contributed by atoms with Crippen molar-refractivity contribution in [3.63, 3.8) is 0 Å². The van der Waals surface area contributed by atoms with Crippen molar-refractivity contribution in [1.29, 1.82) is 0 Å². The highest BCUT2D eigenvalue weighted by atomic mass is 16.6. The Morgan fingerprint density at radius 3 is 2.63 bits per heavy atom. The van der Waals surface area contributed by atoms with E-state index in [1.54, 1.807) is 24.0 Å². The molecule has 244 valence electrons. The molecule has 0 spiro atoms. The van der Waals surface area contributed by atoms with Gasteiger partial charge in [0.15, 0.2) is 0 Å². The van der Waals surface area contributed by atoms with Crippen LogP contribution in [0.1, 0.15) is 73.6 Å². The van der Waals surface area contributed by atoms with E-state index in [-0.39, 0.29) is 42.5 Å². The van der Waals surface area contributed by atoms with Crippen molar-refractivity contribution in [3.8, 4) is 0 Å². The van der Waals surface area contributed by atoms with Gasteiger partial charge in [-0.15, -0.1) is 0 Å². The molecule has 2 fully saturated rings. The molecule has 0 aliphatic carbocycles. The first-order valence-corrected chi connectivity index (χ1v) is 15.9. The van der Waals surface area contributed by atoms with E-state index >= 15 is 0 Å². The van der Waals surface area contributed by atoms with Crippen LogP contribution in [-0.4, -0.2) is 101 Å². The lowest BCUT2D eigenvalue weighted by Crippen LogP contribution is -2.47. The first-order chi connectivity index (χ1) is 20.3. The zero-order chi connectivity index (χ0) is 31.7.